The molecule has 1 N–H and O–H groups in total. The van der Waals surface area contributed by atoms with Crippen LogP contribution in [0.5, 0.6) is 5.75 Å². The predicted molar refractivity (Wildman–Crippen MR) is 77.4 cm³/mol. The van der Waals surface area contributed by atoms with Gasteiger partial charge in [0, 0.05) is 14.5 Å². The fourth-order valence-electron chi connectivity index (χ4n) is 1.52. The third kappa shape index (κ3) is 2.13. The minimum absolute atomic E-state index is 0.135. The summed E-state index contributed by atoms with van der Waals surface area (Å²) in [7, 11) is 0. The summed E-state index contributed by atoms with van der Waals surface area (Å²) < 4.78 is 6.19. The van der Waals surface area contributed by atoms with Gasteiger partial charge in [-0.15, -0.1) is 0 Å². The van der Waals surface area contributed by atoms with E-state index in [1.807, 2.05) is 22.9 Å². The monoisotopic (exact) mass is 370 g/mol. The van der Waals surface area contributed by atoms with Crippen LogP contribution in [0.25, 0.3) is 22.8 Å². The van der Waals surface area contributed by atoms with Crippen LogP contribution in [-0.4, -0.2) is 15.2 Å². The van der Waals surface area contributed by atoms with E-state index >= 15 is 0 Å². The molecule has 3 rings (SSSR count). The van der Waals surface area contributed by atoms with E-state index in [1.165, 1.54) is 0 Å². The fourth-order valence-corrected chi connectivity index (χ4v) is 2.65. The Bertz CT molecular complexity index is 679. The number of aromatic hydroxyl groups is 1. The molecule has 3 aromatic rings. The number of hydrogen-bond acceptors (Lipinski definition) is 5. The summed E-state index contributed by atoms with van der Waals surface area (Å²) in [5.74, 6) is 0.993. The van der Waals surface area contributed by atoms with Gasteiger partial charge in [-0.1, -0.05) is 5.16 Å². The lowest BCUT2D eigenvalue weighted by molar-refractivity contribution is 0.425. The fraction of sp³-hybridized carbons (Fsp3) is 0. The summed E-state index contributed by atoms with van der Waals surface area (Å²) in [6.07, 6.45) is 0. The van der Waals surface area contributed by atoms with Crippen molar-refractivity contribution in [2.24, 2.45) is 0 Å². The molecule has 0 aliphatic carbocycles. The van der Waals surface area contributed by atoms with Crippen molar-refractivity contribution in [3.05, 3.63) is 38.6 Å². The Morgan fingerprint density at radius 2 is 2.17 bits per heavy atom. The molecule has 0 fully saturated rings. The first-order valence-electron chi connectivity index (χ1n) is 5.09. The van der Waals surface area contributed by atoms with Gasteiger partial charge in [0.1, 0.15) is 5.75 Å². The van der Waals surface area contributed by atoms with Crippen molar-refractivity contribution in [1.29, 1.82) is 0 Å². The van der Waals surface area contributed by atoms with Crippen LogP contribution < -0.4 is 0 Å². The molecule has 2 aromatic heterocycles. The van der Waals surface area contributed by atoms with Crippen molar-refractivity contribution < 1.29 is 9.63 Å². The number of phenolic OH excluding ortho intramolecular Hbond substituents is 1. The molecule has 0 amide bonds. The van der Waals surface area contributed by atoms with Crippen molar-refractivity contribution in [1.82, 2.24) is 10.1 Å². The van der Waals surface area contributed by atoms with Crippen LogP contribution in [0.1, 0.15) is 0 Å². The molecule has 18 heavy (non-hydrogen) atoms. The molecule has 0 atom stereocenters. The standard InChI is InChI=1S/C12H7IN2O2S/c13-8-1-2-10(16)9(5-8)12-14-11(15-17-12)7-3-4-18-6-7/h1-6,16H. The van der Waals surface area contributed by atoms with Gasteiger partial charge in [0.2, 0.25) is 5.82 Å². The average Bonchev–Trinajstić information content (AvgIpc) is 3.00. The Balaban J connectivity index is 2.05. The third-order valence-electron chi connectivity index (χ3n) is 2.39. The Kier molecular flexibility index (Phi) is 3.04. The van der Waals surface area contributed by atoms with Gasteiger partial charge in [-0.2, -0.15) is 16.3 Å². The number of phenols is 1. The second kappa shape index (κ2) is 4.69. The second-order valence-corrected chi connectivity index (χ2v) is 5.62. The maximum atomic E-state index is 9.80. The van der Waals surface area contributed by atoms with Crippen LogP contribution >= 0.6 is 33.9 Å². The predicted octanol–water partition coefficient (Wildman–Crippen LogP) is 3.78. The van der Waals surface area contributed by atoms with Crippen LogP contribution in [0.15, 0.2) is 39.5 Å². The highest BCUT2D eigenvalue weighted by molar-refractivity contribution is 14.1. The average molecular weight is 370 g/mol. The van der Waals surface area contributed by atoms with Crippen LogP contribution in [-0.2, 0) is 0 Å². The van der Waals surface area contributed by atoms with E-state index in [0.717, 1.165) is 9.13 Å². The minimum atomic E-state index is 0.135. The molecule has 0 aliphatic rings. The molecule has 0 bridgehead atoms. The number of rotatable bonds is 2. The number of aromatic nitrogens is 2. The molecule has 0 saturated heterocycles. The summed E-state index contributed by atoms with van der Waals surface area (Å²) >= 11 is 3.74. The first-order valence-corrected chi connectivity index (χ1v) is 7.11. The molecule has 2 heterocycles. The van der Waals surface area contributed by atoms with Crippen LogP contribution in [0.2, 0.25) is 0 Å². The highest BCUT2D eigenvalue weighted by atomic mass is 127. The van der Waals surface area contributed by atoms with Gasteiger partial charge in [-0.05, 0) is 52.2 Å². The Hall–Kier alpha value is -1.41. The van der Waals surface area contributed by atoms with Gasteiger partial charge in [-0.25, -0.2) is 0 Å². The minimum Gasteiger partial charge on any atom is -0.507 e. The lowest BCUT2D eigenvalue weighted by Crippen LogP contribution is -1.81. The molecule has 0 radical (unpaired) electrons. The van der Waals surface area contributed by atoms with Gasteiger partial charge < -0.3 is 9.63 Å². The largest absolute Gasteiger partial charge is 0.507 e. The van der Waals surface area contributed by atoms with E-state index in [1.54, 1.807) is 23.5 Å². The SMILES string of the molecule is Oc1ccc(I)cc1-c1nc(-c2ccsc2)no1. The van der Waals surface area contributed by atoms with Gasteiger partial charge in [0.05, 0.1) is 5.56 Å². The number of hydrogen-bond donors (Lipinski definition) is 1. The van der Waals surface area contributed by atoms with E-state index in [0.29, 0.717) is 17.3 Å². The van der Waals surface area contributed by atoms with Crippen LogP contribution in [0, 0.1) is 3.57 Å². The first kappa shape index (κ1) is 11.7. The first-order chi connectivity index (χ1) is 8.74. The summed E-state index contributed by atoms with van der Waals surface area (Å²) in [6.45, 7) is 0. The molecule has 0 aliphatic heterocycles. The van der Waals surface area contributed by atoms with Crippen molar-refractivity contribution in [3.8, 4) is 28.6 Å². The number of nitrogens with zero attached hydrogens (tertiary/aromatic N) is 2. The number of thiophene rings is 1. The van der Waals surface area contributed by atoms with Gasteiger partial charge in [-0.3, -0.25) is 0 Å². The highest BCUT2D eigenvalue weighted by Crippen LogP contribution is 2.31. The van der Waals surface area contributed by atoms with Crippen molar-refractivity contribution in [2.45, 2.75) is 0 Å². The molecule has 1 aromatic carbocycles. The third-order valence-corrected chi connectivity index (χ3v) is 3.75. The van der Waals surface area contributed by atoms with Crippen LogP contribution in [0.3, 0.4) is 0 Å². The smallest absolute Gasteiger partial charge is 0.262 e. The van der Waals surface area contributed by atoms with Crippen molar-refractivity contribution in [3.63, 3.8) is 0 Å². The molecular formula is C12H7IN2O2S. The highest BCUT2D eigenvalue weighted by Gasteiger charge is 2.14. The molecule has 0 unspecified atom stereocenters. The van der Waals surface area contributed by atoms with E-state index in [4.69, 9.17) is 4.52 Å². The second-order valence-electron chi connectivity index (χ2n) is 3.60. The topological polar surface area (TPSA) is 59.2 Å². The molecule has 0 spiro atoms. The summed E-state index contributed by atoms with van der Waals surface area (Å²) in [6, 6.07) is 7.16. The zero-order chi connectivity index (χ0) is 12.5. The zero-order valence-electron chi connectivity index (χ0n) is 9.00. The van der Waals surface area contributed by atoms with E-state index in [-0.39, 0.29) is 5.75 Å². The lowest BCUT2D eigenvalue weighted by Gasteiger charge is -1.99. The van der Waals surface area contributed by atoms with Crippen molar-refractivity contribution in [2.75, 3.05) is 0 Å². The summed E-state index contributed by atoms with van der Waals surface area (Å²) in [5, 5.41) is 17.6. The van der Waals surface area contributed by atoms with Gasteiger partial charge >= 0.3 is 0 Å². The van der Waals surface area contributed by atoms with E-state index in [9.17, 15) is 5.11 Å². The normalized spacial score (nSPS) is 10.7. The maximum absolute atomic E-state index is 9.80. The van der Waals surface area contributed by atoms with Crippen LogP contribution in [0.4, 0.5) is 0 Å². The lowest BCUT2D eigenvalue weighted by atomic mass is 10.2. The summed E-state index contributed by atoms with van der Waals surface area (Å²) in [4.78, 5) is 4.29. The van der Waals surface area contributed by atoms with E-state index in [2.05, 4.69) is 32.7 Å². The Labute approximate surface area is 120 Å². The van der Waals surface area contributed by atoms with Crippen molar-refractivity contribution >= 4 is 33.9 Å². The zero-order valence-corrected chi connectivity index (χ0v) is 12.0. The Morgan fingerprint density at radius 3 is 2.94 bits per heavy atom. The quantitative estimate of drug-likeness (QED) is 0.698. The van der Waals surface area contributed by atoms with E-state index < -0.39 is 0 Å². The van der Waals surface area contributed by atoms with Gasteiger partial charge in [0.15, 0.2) is 0 Å². The Morgan fingerprint density at radius 1 is 1.28 bits per heavy atom. The number of benzene rings is 1. The molecule has 90 valence electrons. The number of halogens is 1. The molecular weight excluding hydrogens is 363 g/mol. The van der Waals surface area contributed by atoms with Gasteiger partial charge in [0.25, 0.3) is 5.89 Å². The maximum Gasteiger partial charge on any atom is 0.262 e. The summed E-state index contributed by atoms with van der Waals surface area (Å²) in [5.41, 5.74) is 1.47. The molecule has 6 heteroatoms. The molecule has 0 saturated carbocycles. The molecule has 4 nitrogen and oxygen atoms in total.